The average molecular weight is 545 g/mol. The highest BCUT2D eigenvalue weighted by atomic mass is 28.3. The number of fused-ring (bicyclic) bond motifs is 1. The van der Waals surface area contributed by atoms with Crippen LogP contribution in [0.1, 0.15) is 13.3 Å². The van der Waals surface area contributed by atoms with E-state index in [1.54, 1.807) is 6.92 Å². The van der Waals surface area contributed by atoms with E-state index in [4.69, 9.17) is 9.47 Å². The first-order chi connectivity index (χ1) is 17.2. The fraction of sp³-hybridized carbons (Fsp3) is 0.522. The van der Waals surface area contributed by atoms with Gasteiger partial charge >= 0.3 is 18.1 Å². The molecule has 0 saturated carbocycles. The van der Waals surface area contributed by atoms with Gasteiger partial charge in [-0.1, -0.05) is 25.7 Å². The Bertz CT molecular complexity index is 1360. The van der Waals surface area contributed by atoms with Crippen LogP contribution in [0, 0.1) is 0 Å². The van der Waals surface area contributed by atoms with Gasteiger partial charge in [-0.15, -0.1) is 13.2 Å². The van der Waals surface area contributed by atoms with E-state index in [1.165, 1.54) is 28.3 Å². The molecule has 10 nitrogen and oxygen atoms in total. The zero-order valence-electron chi connectivity index (χ0n) is 21.3. The van der Waals surface area contributed by atoms with Crippen molar-refractivity contribution in [3.05, 3.63) is 45.1 Å². The molecule has 14 heteroatoms. The number of imidazole rings is 1. The Labute approximate surface area is 211 Å². The molecule has 0 aliphatic heterocycles. The molecule has 1 N–H and O–H groups in total. The molecular formula is C23H31F3N4O6Si. The van der Waals surface area contributed by atoms with Gasteiger partial charge in [-0.3, -0.25) is 18.5 Å². The minimum atomic E-state index is -4.88. The van der Waals surface area contributed by atoms with Crippen molar-refractivity contribution in [1.29, 1.82) is 0 Å². The number of hydrogen-bond donors (Lipinski definition) is 1. The van der Waals surface area contributed by atoms with Gasteiger partial charge in [-0.05, 0) is 31.5 Å². The molecule has 0 aliphatic carbocycles. The number of aromatic nitrogens is 4. The van der Waals surface area contributed by atoms with Crippen LogP contribution in [0.5, 0.6) is 17.5 Å². The summed E-state index contributed by atoms with van der Waals surface area (Å²) in [6.07, 6.45) is -5.44. The first kappa shape index (κ1) is 28.5. The van der Waals surface area contributed by atoms with Crippen molar-refractivity contribution in [2.75, 3.05) is 6.61 Å². The molecule has 0 radical (unpaired) electrons. The highest BCUT2D eigenvalue weighted by Gasteiger charge is 2.31. The largest absolute Gasteiger partial charge is 0.573 e. The van der Waals surface area contributed by atoms with E-state index >= 15 is 0 Å². The van der Waals surface area contributed by atoms with Crippen LogP contribution < -0.4 is 20.7 Å². The number of hydrogen-bond acceptors (Lipinski definition) is 7. The molecule has 37 heavy (non-hydrogen) atoms. The number of rotatable bonds is 11. The second-order valence-corrected chi connectivity index (χ2v) is 15.5. The lowest BCUT2D eigenvalue weighted by Gasteiger charge is -2.16. The quantitative estimate of drug-likeness (QED) is 0.290. The molecular weight excluding hydrogens is 513 g/mol. The van der Waals surface area contributed by atoms with Gasteiger partial charge in [0.15, 0.2) is 11.2 Å². The van der Waals surface area contributed by atoms with Crippen molar-refractivity contribution in [2.24, 2.45) is 7.05 Å². The Balaban J connectivity index is 2.07. The van der Waals surface area contributed by atoms with E-state index in [0.717, 1.165) is 22.7 Å². The molecule has 2 aromatic heterocycles. The standard InChI is InChI=1S/C23H31F3N4O6Si/c1-15(31)9-10-29-20(32)18-19(28(2)22(29)33)27-21(30(18)14-34-11-12-37(3,4)5)35-16-7-6-8-17(13-16)36-23(24,25)26/h6-8,13,15,31H,9-12,14H2,1-5H3. The minimum absolute atomic E-state index is 0.0200. The smallest absolute Gasteiger partial charge is 0.425 e. The minimum Gasteiger partial charge on any atom is -0.425 e. The number of aliphatic hydroxyl groups excluding tert-OH is 1. The first-order valence-electron chi connectivity index (χ1n) is 11.7. The Hall–Kier alpha value is -3.10. The van der Waals surface area contributed by atoms with Gasteiger partial charge < -0.3 is 19.3 Å². The van der Waals surface area contributed by atoms with Crippen molar-refractivity contribution in [3.63, 3.8) is 0 Å². The summed E-state index contributed by atoms with van der Waals surface area (Å²) in [5.74, 6) is -0.522. The maximum Gasteiger partial charge on any atom is 0.573 e. The van der Waals surface area contributed by atoms with E-state index in [2.05, 4.69) is 29.4 Å². The van der Waals surface area contributed by atoms with Crippen LogP contribution in [-0.2, 0) is 25.1 Å². The van der Waals surface area contributed by atoms with Crippen LogP contribution in [-0.4, -0.2) is 50.9 Å². The average Bonchev–Trinajstić information content (AvgIpc) is 3.11. The van der Waals surface area contributed by atoms with Gasteiger partial charge in [0.2, 0.25) is 0 Å². The first-order valence-corrected chi connectivity index (χ1v) is 15.4. The normalized spacial score (nSPS) is 13.2. The summed E-state index contributed by atoms with van der Waals surface area (Å²) in [7, 11) is 0.0252. The summed E-state index contributed by atoms with van der Waals surface area (Å²) in [6, 6.07) is 5.57. The maximum absolute atomic E-state index is 13.4. The van der Waals surface area contributed by atoms with Crippen LogP contribution in [0.25, 0.3) is 11.2 Å². The van der Waals surface area contributed by atoms with Crippen LogP contribution in [0.4, 0.5) is 13.2 Å². The van der Waals surface area contributed by atoms with Crippen LogP contribution in [0.3, 0.4) is 0 Å². The summed E-state index contributed by atoms with van der Waals surface area (Å²) in [5.41, 5.74) is -1.23. The molecule has 0 fully saturated rings. The summed E-state index contributed by atoms with van der Waals surface area (Å²) in [5, 5.41) is 9.64. The molecule has 0 bridgehead atoms. The maximum atomic E-state index is 13.4. The van der Waals surface area contributed by atoms with Crippen molar-refractivity contribution >= 4 is 19.2 Å². The molecule has 0 spiro atoms. The predicted octanol–water partition coefficient (Wildman–Crippen LogP) is 3.67. The monoisotopic (exact) mass is 544 g/mol. The van der Waals surface area contributed by atoms with Crippen LogP contribution >= 0.6 is 0 Å². The molecule has 1 atom stereocenters. The number of benzene rings is 1. The zero-order chi connectivity index (χ0) is 27.5. The third-order valence-corrected chi connectivity index (χ3v) is 7.14. The number of aliphatic hydroxyl groups is 1. The Morgan fingerprint density at radius 1 is 1.14 bits per heavy atom. The van der Waals surface area contributed by atoms with E-state index in [0.29, 0.717) is 6.61 Å². The number of aryl methyl sites for hydroxylation is 1. The molecule has 2 heterocycles. The highest BCUT2D eigenvalue weighted by Crippen LogP contribution is 2.29. The molecule has 3 aromatic rings. The fourth-order valence-electron chi connectivity index (χ4n) is 3.44. The lowest BCUT2D eigenvalue weighted by Crippen LogP contribution is -2.40. The topological polar surface area (TPSA) is 110 Å². The Morgan fingerprint density at radius 3 is 2.43 bits per heavy atom. The molecule has 0 amide bonds. The van der Waals surface area contributed by atoms with Crippen LogP contribution in [0.15, 0.2) is 33.9 Å². The lowest BCUT2D eigenvalue weighted by atomic mass is 10.3. The van der Waals surface area contributed by atoms with Gasteiger partial charge in [-0.2, -0.15) is 4.98 Å². The van der Waals surface area contributed by atoms with Gasteiger partial charge in [0.25, 0.3) is 5.56 Å². The second kappa shape index (κ2) is 11.1. The highest BCUT2D eigenvalue weighted by molar-refractivity contribution is 6.76. The van der Waals surface area contributed by atoms with Gasteiger partial charge in [-0.25, -0.2) is 4.79 Å². The van der Waals surface area contributed by atoms with Crippen molar-refractivity contribution in [1.82, 2.24) is 18.7 Å². The molecule has 0 saturated heterocycles. The van der Waals surface area contributed by atoms with Crippen molar-refractivity contribution in [3.8, 4) is 17.5 Å². The lowest BCUT2D eigenvalue weighted by molar-refractivity contribution is -0.274. The summed E-state index contributed by atoms with van der Waals surface area (Å²) >= 11 is 0. The third-order valence-electron chi connectivity index (χ3n) is 5.43. The number of nitrogens with zero attached hydrogens (tertiary/aromatic N) is 4. The van der Waals surface area contributed by atoms with Gasteiger partial charge in [0.05, 0.1) is 6.10 Å². The number of ether oxygens (including phenoxy) is 3. The zero-order valence-corrected chi connectivity index (χ0v) is 22.3. The van der Waals surface area contributed by atoms with E-state index in [-0.39, 0.29) is 42.6 Å². The summed E-state index contributed by atoms with van der Waals surface area (Å²) in [4.78, 5) is 30.5. The Morgan fingerprint density at radius 2 is 1.81 bits per heavy atom. The number of halogens is 3. The Kier molecular flexibility index (Phi) is 8.54. The fourth-order valence-corrected chi connectivity index (χ4v) is 4.19. The predicted molar refractivity (Wildman–Crippen MR) is 133 cm³/mol. The molecule has 1 unspecified atom stereocenters. The van der Waals surface area contributed by atoms with Crippen molar-refractivity contribution in [2.45, 2.75) is 64.8 Å². The molecule has 0 aliphatic rings. The molecule has 204 valence electrons. The van der Waals surface area contributed by atoms with E-state index in [9.17, 15) is 27.9 Å². The summed E-state index contributed by atoms with van der Waals surface area (Å²) < 4.78 is 57.0. The molecule has 1 aromatic carbocycles. The second-order valence-electron chi connectivity index (χ2n) is 9.90. The summed E-state index contributed by atoms with van der Waals surface area (Å²) in [6.45, 7) is 8.35. The van der Waals surface area contributed by atoms with Gasteiger partial charge in [0.1, 0.15) is 18.2 Å². The van der Waals surface area contributed by atoms with Crippen molar-refractivity contribution < 1.29 is 32.5 Å². The number of alkyl halides is 3. The molecule has 3 rings (SSSR count). The van der Waals surface area contributed by atoms with Gasteiger partial charge in [0, 0.05) is 34.3 Å². The van der Waals surface area contributed by atoms with E-state index < -0.39 is 37.5 Å². The van der Waals surface area contributed by atoms with E-state index in [1.807, 2.05) is 0 Å². The SMILES string of the molecule is CC(O)CCn1c(=O)c2c(nc(Oc3cccc(OC(F)(F)F)c3)n2COCC[Si](C)(C)C)n(C)c1=O. The third kappa shape index (κ3) is 7.46. The van der Waals surface area contributed by atoms with Crippen LogP contribution in [0.2, 0.25) is 25.7 Å².